The molecule has 2 nitrogen and oxygen atoms in total. The number of hydrogen-bond donors (Lipinski definition) is 1. The number of rotatable bonds is 2. The van der Waals surface area contributed by atoms with Gasteiger partial charge in [-0.2, -0.15) is 0 Å². The molecule has 1 N–H and O–H groups in total. The summed E-state index contributed by atoms with van der Waals surface area (Å²) in [4.78, 5) is 10.7. The molecule has 0 aliphatic carbocycles. The smallest absolute Gasteiger partial charge is 0.150 e. The minimum atomic E-state index is -0.464. The van der Waals surface area contributed by atoms with Crippen LogP contribution < -0.4 is 0 Å². The molecule has 3 heteroatoms. The Labute approximate surface area is 115 Å². The van der Waals surface area contributed by atoms with E-state index in [1.54, 1.807) is 24.3 Å². The van der Waals surface area contributed by atoms with Gasteiger partial charge in [0.15, 0.2) is 0 Å². The van der Waals surface area contributed by atoms with Crippen molar-refractivity contribution >= 4 is 17.1 Å². The zero-order valence-corrected chi connectivity index (χ0v) is 10.5. The number of aromatic hydroxyl groups is 1. The van der Waals surface area contributed by atoms with Gasteiger partial charge in [-0.1, -0.05) is 24.3 Å². The first-order valence-corrected chi connectivity index (χ1v) is 6.15. The minimum Gasteiger partial charge on any atom is -0.508 e. The number of carbonyl (C=O) groups excluding carboxylic acids is 1. The summed E-state index contributed by atoms with van der Waals surface area (Å²) in [5.74, 6) is -0.559. The second kappa shape index (κ2) is 4.78. The monoisotopic (exact) mass is 266 g/mol. The summed E-state index contributed by atoms with van der Waals surface area (Å²) in [6.45, 7) is 0. The molecule has 0 unspecified atom stereocenters. The van der Waals surface area contributed by atoms with Gasteiger partial charge in [-0.15, -0.1) is 0 Å². The molecule has 0 saturated carbocycles. The zero-order valence-electron chi connectivity index (χ0n) is 10.5. The summed E-state index contributed by atoms with van der Waals surface area (Å²) < 4.78 is 13.8. The maximum absolute atomic E-state index is 13.8. The molecule has 3 rings (SSSR count). The van der Waals surface area contributed by atoms with Crippen LogP contribution >= 0.6 is 0 Å². The number of fused-ring (bicyclic) bond motifs is 1. The first-order valence-electron chi connectivity index (χ1n) is 6.15. The molecule has 0 aromatic heterocycles. The van der Waals surface area contributed by atoms with Crippen LogP contribution in [0.25, 0.3) is 21.9 Å². The van der Waals surface area contributed by atoms with E-state index in [9.17, 15) is 14.3 Å². The highest BCUT2D eigenvalue weighted by atomic mass is 19.1. The summed E-state index contributed by atoms with van der Waals surface area (Å²) in [6.07, 6.45) is 0.799. The number of hydrogen-bond acceptors (Lipinski definition) is 2. The first kappa shape index (κ1) is 12.4. The van der Waals surface area contributed by atoms with Crippen molar-refractivity contribution in [1.82, 2.24) is 0 Å². The molecule has 0 atom stereocenters. The van der Waals surface area contributed by atoms with Crippen molar-refractivity contribution in [2.24, 2.45) is 0 Å². The largest absolute Gasteiger partial charge is 0.508 e. The lowest BCUT2D eigenvalue weighted by molar-refractivity contribution is 0.112. The average Bonchev–Trinajstić information content (AvgIpc) is 2.46. The Hall–Kier alpha value is -2.68. The quantitative estimate of drug-likeness (QED) is 0.707. The van der Waals surface area contributed by atoms with E-state index in [0.29, 0.717) is 11.1 Å². The van der Waals surface area contributed by atoms with Gasteiger partial charge in [0.1, 0.15) is 17.9 Å². The molecule has 20 heavy (non-hydrogen) atoms. The van der Waals surface area contributed by atoms with Crippen molar-refractivity contribution in [2.45, 2.75) is 0 Å². The van der Waals surface area contributed by atoms with Gasteiger partial charge in [-0.25, -0.2) is 4.39 Å². The fraction of sp³-hybridized carbons (Fsp3) is 0. The van der Waals surface area contributed by atoms with Gasteiger partial charge in [0.25, 0.3) is 0 Å². The summed E-state index contributed by atoms with van der Waals surface area (Å²) in [5.41, 5.74) is 1.78. The Morgan fingerprint density at radius 1 is 0.900 bits per heavy atom. The van der Waals surface area contributed by atoms with Gasteiger partial charge >= 0.3 is 0 Å². The van der Waals surface area contributed by atoms with E-state index in [2.05, 4.69) is 0 Å². The second-order valence-corrected chi connectivity index (χ2v) is 4.60. The maximum atomic E-state index is 13.8. The predicted octanol–water partition coefficient (Wildman–Crippen LogP) is 4.16. The minimum absolute atomic E-state index is 0.0948. The molecule has 0 aliphatic rings. The van der Waals surface area contributed by atoms with Gasteiger partial charge in [0.2, 0.25) is 0 Å². The Bertz CT molecular complexity index is 809. The second-order valence-electron chi connectivity index (χ2n) is 4.60. The molecule has 98 valence electrons. The molecule has 3 aromatic rings. The SMILES string of the molecule is O=Cc1ccc2cc(-c3ccc(O)cc3F)ccc2c1. The number of benzene rings is 3. The molecular formula is C17H11FO2. The third-order valence-electron chi connectivity index (χ3n) is 3.26. The molecule has 0 amide bonds. The standard InChI is InChI=1S/C17H11FO2/c18-17-9-15(20)5-6-16(17)14-4-3-12-7-11(10-19)1-2-13(12)8-14/h1-10,20H. The Morgan fingerprint density at radius 3 is 2.40 bits per heavy atom. The summed E-state index contributed by atoms with van der Waals surface area (Å²) >= 11 is 0. The number of halogens is 1. The Balaban J connectivity index is 2.15. The Morgan fingerprint density at radius 2 is 1.65 bits per heavy atom. The topological polar surface area (TPSA) is 37.3 Å². The van der Waals surface area contributed by atoms with Crippen LogP contribution in [0, 0.1) is 5.82 Å². The third kappa shape index (κ3) is 2.14. The molecule has 0 radical (unpaired) electrons. The van der Waals surface area contributed by atoms with Crippen LogP contribution in [0.5, 0.6) is 5.75 Å². The van der Waals surface area contributed by atoms with Crippen molar-refractivity contribution < 1.29 is 14.3 Å². The summed E-state index contributed by atoms with van der Waals surface area (Å²) in [7, 11) is 0. The predicted molar refractivity (Wildman–Crippen MR) is 76.4 cm³/mol. The van der Waals surface area contributed by atoms with Gasteiger partial charge < -0.3 is 5.11 Å². The van der Waals surface area contributed by atoms with Crippen LogP contribution in [-0.4, -0.2) is 11.4 Å². The van der Waals surface area contributed by atoms with Crippen molar-refractivity contribution in [3.63, 3.8) is 0 Å². The van der Waals surface area contributed by atoms with Gasteiger partial charge in [0, 0.05) is 17.2 Å². The first-order chi connectivity index (χ1) is 9.67. The lowest BCUT2D eigenvalue weighted by Crippen LogP contribution is -1.85. The van der Waals surface area contributed by atoms with Crippen molar-refractivity contribution in [3.05, 3.63) is 66.0 Å². The van der Waals surface area contributed by atoms with Gasteiger partial charge in [-0.3, -0.25) is 4.79 Å². The van der Waals surface area contributed by atoms with Gasteiger partial charge in [-0.05, 0) is 40.6 Å². The normalized spacial score (nSPS) is 10.7. The molecule has 0 heterocycles. The van der Waals surface area contributed by atoms with Crippen LogP contribution in [0.3, 0.4) is 0 Å². The van der Waals surface area contributed by atoms with Crippen LogP contribution in [0.15, 0.2) is 54.6 Å². The van der Waals surface area contributed by atoms with E-state index < -0.39 is 5.82 Å². The molecule has 0 bridgehead atoms. The maximum Gasteiger partial charge on any atom is 0.150 e. The molecular weight excluding hydrogens is 255 g/mol. The fourth-order valence-electron chi connectivity index (χ4n) is 2.24. The summed E-state index contributed by atoms with van der Waals surface area (Å²) in [6, 6.07) is 15.0. The summed E-state index contributed by atoms with van der Waals surface area (Å²) in [5, 5.41) is 11.1. The molecule has 0 aliphatic heterocycles. The molecule has 3 aromatic carbocycles. The highest BCUT2D eigenvalue weighted by Crippen LogP contribution is 2.28. The highest BCUT2D eigenvalue weighted by Gasteiger charge is 2.07. The Kier molecular flexibility index (Phi) is 2.95. The number of aldehydes is 1. The van der Waals surface area contributed by atoms with Crippen LogP contribution in [-0.2, 0) is 0 Å². The van der Waals surface area contributed by atoms with Gasteiger partial charge in [0.05, 0.1) is 0 Å². The van der Waals surface area contributed by atoms with Crippen molar-refractivity contribution in [2.75, 3.05) is 0 Å². The van der Waals surface area contributed by atoms with Crippen LogP contribution in [0.2, 0.25) is 0 Å². The molecule has 0 fully saturated rings. The van der Waals surface area contributed by atoms with Crippen molar-refractivity contribution in [1.29, 1.82) is 0 Å². The highest BCUT2D eigenvalue weighted by molar-refractivity contribution is 5.91. The van der Waals surface area contributed by atoms with E-state index in [1.165, 1.54) is 6.07 Å². The molecule has 0 spiro atoms. The van der Waals surface area contributed by atoms with E-state index in [4.69, 9.17) is 0 Å². The van der Waals surface area contributed by atoms with Crippen LogP contribution in [0.1, 0.15) is 10.4 Å². The fourth-order valence-corrected chi connectivity index (χ4v) is 2.24. The van der Waals surface area contributed by atoms with Crippen LogP contribution in [0.4, 0.5) is 4.39 Å². The van der Waals surface area contributed by atoms with E-state index >= 15 is 0 Å². The van der Waals surface area contributed by atoms with E-state index in [0.717, 1.165) is 28.7 Å². The zero-order chi connectivity index (χ0) is 14.1. The average molecular weight is 266 g/mol. The molecule has 0 saturated heterocycles. The number of phenolic OH excluding ortho intramolecular Hbond substituents is 1. The lowest BCUT2D eigenvalue weighted by atomic mass is 10.00. The van der Waals surface area contributed by atoms with E-state index in [1.807, 2.05) is 18.2 Å². The third-order valence-corrected chi connectivity index (χ3v) is 3.26. The lowest BCUT2D eigenvalue weighted by Gasteiger charge is -2.06. The van der Waals surface area contributed by atoms with Crippen molar-refractivity contribution in [3.8, 4) is 16.9 Å². The number of carbonyl (C=O) groups is 1. The van der Waals surface area contributed by atoms with E-state index in [-0.39, 0.29) is 5.75 Å². The number of phenols is 1.